The summed E-state index contributed by atoms with van der Waals surface area (Å²) in [6, 6.07) is 5.70. The molecular formula is C29H35N7O3. The van der Waals surface area contributed by atoms with Crippen molar-refractivity contribution in [3.8, 4) is 0 Å². The topological polar surface area (TPSA) is 95.3 Å². The highest BCUT2D eigenvalue weighted by Crippen LogP contribution is 2.47. The molecule has 2 aliphatic heterocycles. The van der Waals surface area contributed by atoms with Crippen LogP contribution in [0.4, 0.5) is 26.8 Å². The number of aromatic nitrogens is 3. The van der Waals surface area contributed by atoms with E-state index in [0.717, 1.165) is 60.6 Å². The zero-order valence-electron chi connectivity index (χ0n) is 22.8. The summed E-state index contributed by atoms with van der Waals surface area (Å²) < 4.78 is 7.69. The maximum atomic E-state index is 13.3. The number of hydrogen-bond donors (Lipinski definition) is 1. The lowest BCUT2D eigenvalue weighted by atomic mass is 10.1. The van der Waals surface area contributed by atoms with Crippen LogP contribution in [0.1, 0.15) is 63.6 Å². The number of fused-ring (bicyclic) bond motifs is 2. The molecule has 10 nitrogen and oxygen atoms in total. The van der Waals surface area contributed by atoms with Gasteiger partial charge in [-0.2, -0.15) is 0 Å². The number of nitrogens with one attached hydrogen (secondary N) is 1. The van der Waals surface area contributed by atoms with Crippen LogP contribution in [0.5, 0.6) is 0 Å². The van der Waals surface area contributed by atoms with Gasteiger partial charge in [0, 0.05) is 61.9 Å². The lowest BCUT2D eigenvalue weighted by molar-refractivity contribution is 0.0106. The molecule has 0 unspecified atom stereocenters. The average Bonchev–Trinajstić information content (AvgIpc) is 3.79. The molecule has 3 aromatic heterocycles. The molecule has 0 bridgehead atoms. The molecule has 2 aliphatic carbocycles. The van der Waals surface area contributed by atoms with Crippen molar-refractivity contribution in [2.75, 3.05) is 41.3 Å². The molecule has 1 saturated heterocycles. The van der Waals surface area contributed by atoms with Crippen LogP contribution < -0.4 is 15.1 Å². The van der Waals surface area contributed by atoms with E-state index < -0.39 is 5.60 Å². The number of carbonyl (C=O) groups excluding carboxylic acids is 2. The number of urea groups is 1. The third kappa shape index (κ3) is 4.45. The molecule has 4 aliphatic rings. The fraction of sp³-hybridized carbons (Fsp3) is 0.517. The average molecular weight is 530 g/mol. The molecule has 204 valence electrons. The summed E-state index contributed by atoms with van der Waals surface area (Å²) >= 11 is 0. The van der Waals surface area contributed by atoms with Crippen molar-refractivity contribution in [3.63, 3.8) is 0 Å². The van der Waals surface area contributed by atoms with Crippen molar-refractivity contribution in [3.05, 3.63) is 48.0 Å². The molecule has 0 aromatic carbocycles. The highest BCUT2D eigenvalue weighted by Gasteiger charge is 2.54. The van der Waals surface area contributed by atoms with E-state index in [9.17, 15) is 9.59 Å². The number of pyridine rings is 2. The van der Waals surface area contributed by atoms with Crippen molar-refractivity contribution in [1.82, 2.24) is 19.3 Å². The monoisotopic (exact) mass is 529 g/mol. The molecule has 3 aromatic rings. The fourth-order valence-corrected chi connectivity index (χ4v) is 5.98. The Kier molecular flexibility index (Phi) is 5.34. The molecular weight excluding hydrogens is 494 g/mol. The zero-order chi connectivity index (χ0) is 26.9. The summed E-state index contributed by atoms with van der Waals surface area (Å²) in [5, 5.41) is 3.06. The molecule has 1 N–H and O–H groups in total. The molecule has 2 saturated carbocycles. The molecule has 7 rings (SSSR count). The second-order valence-corrected chi connectivity index (χ2v) is 12.4. The number of carbonyl (C=O) groups is 2. The van der Waals surface area contributed by atoms with Gasteiger partial charge in [0.2, 0.25) is 0 Å². The van der Waals surface area contributed by atoms with E-state index in [1.165, 1.54) is 12.8 Å². The first-order valence-electron chi connectivity index (χ1n) is 14.0. The van der Waals surface area contributed by atoms with Crippen molar-refractivity contribution >= 4 is 35.0 Å². The number of anilines is 3. The van der Waals surface area contributed by atoms with Gasteiger partial charge in [0.25, 0.3) is 0 Å². The van der Waals surface area contributed by atoms with Crippen LogP contribution in [0.15, 0.2) is 36.8 Å². The van der Waals surface area contributed by atoms with Gasteiger partial charge in [0.1, 0.15) is 17.1 Å². The zero-order valence-corrected chi connectivity index (χ0v) is 22.8. The van der Waals surface area contributed by atoms with Gasteiger partial charge in [-0.3, -0.25) is 9.80 Å². The first kappa shape index (κ1) is 24.2. The van der Waals surface area contributed by atoms with Crippen LogP contribution in [0.25, 0.3) is 5.65 Å². The van der Waals surface area contributed by atoms with Gasteiger partial charge < -0.3 is 19.4 Å². The fourth-order valence-electron chi connectivity index (χ4n) is 5.98. The Labute approximate surface area is 227 Å². The predicted molar refractivity (Wildman–Crippen MR) is 149 cm³/mol. The first-order valence-corrected chi connectivity index (χ1v) is 14.0. The third-order valence-corrected chi connectivity index (χ3v) is 8.24. The highest BCUT2D eigenvalue weighted by molar-refractivity contribution is 6.03. The summed E-state index contributed by atoms with van der Waals surface area (Å²) in [7, 11) is 0. The molecule has 3 amide bonds. The molecule has 1 spiro atoms. The predicted octanol–water partition coefficient (Wildman–Crippen LogP) is 4.79. The second kappa shape index (κ2) is 8.59. The van der Waals surface area contributed by atoms with Crippen LogP contribution in [0.3, 0.4) is 0 Å². The Morgan fingerprint density at radius 2 is 1.90 bits per heavy atom. The van der Waals surface area contributed by atoms with Crippen LogP contribution >= 0.6 is 0 Å². The summed E-state index contributed by atoms with van der Waals surface area (Å²) in [4.78, 5) is 41.6. The van der Waals surface area contributed by atoms with Gasteiger partial charge in [-0.15, -0.1) is 0 Å². The van der Waals surface area contributed by atoms with E-state index in [1.54, 1.807) is 11.1 Å². The molecule has 3 fully saturated rings. The van der Waals surface area contributed by atoms with Crippen LogP contribution in [-0.4, -0.2) is 68.7 Å². The van der Waals surface area contributed by atoms with Crippen LogP contribution in [0, 0.1) is 0 Å². The SMILES string of the molecule is CC(C)(C)OC(=O)N1CCN(c2ccnc3c2CCN3C(=O)Nc2ccc3nc(C4CC4)cn3c2)CC12CC2. The Bertz CT molecular complexity index is 1470. The summed E-state index contributed by atoms with van der Waals surface area (Å²) in [6.45, 7) is 8.40. The van der Waals surface area contributed by atoms with E-state index >= 15 is 0 Å². The maximum Gasteiger partial charge on any atom is 0.410 e. The van der Waals surface area contributed by atoms with Crippen molar-refractivity contribution in [1.29, 1.82) is 0 Å². The van der Waals surface area contributed by atoms with Crippen molar-refractivity contribution in [2.24, 2.45) is 0 Å². The van der Waals surface area contributed by atoms with E-state index in [1.807, 2.05) is 54.5 Å². The van der Waals surface area contributed by atoms with Gasteiger partial charge in [0.05, 0.1) is 16.9 Å². The Morgan fingerprint density at radius 3 is 2.64 bits per heavy atom. The smallest absolute Gasteiger partial charge is 0.410 e. The van der Waals surface area contributed by atoms with Gasteiger partial charge >= 0.3 is 12.1 Å². The number of hydrogen-bond acceptors (Lipinski definition) is 6. The lowest BCUT2D eigenvalue weighted by Gasteiger charge is -2.43. The van der Waals surface area contributed by atoms with Gasteiger partial charge in [-0.25, -0.2) is 19.6 Å². The molecule has 0 radical (unpaired) electrons. The van der Waals surface area contributed by atoms with E-state index in [0.29, 0.717) is 24.8 Å². The van der Waals surface area contributed by atoms with Gasteiger partial charge in [-0.05, 0) is 71.1 Å². The number of piperazine rings is 1. The van der Waals surface area contributed by atoms with Crippen LogP contribution in [0.2, 0.25) is 0 Å². The van der Waals surface area contributed by atoms with Crippen molar-refractivity contribution in [2.45, 2.75) is 69.9 Å². The quantitative estimate of drug-likeness (QED) is 0.524. The number of amides is 3. The molecule has 5 heterocycles. The minimum Gasteiger partial charge on any atom is -0.444 e. The maximum absolute atomic E-state index is 13.3. The number of rotatable bonds is 3. The third-order valence-electron chi connectivity index (χ3n) is 8.24. The first-order chi connectivity index (χ1) is 18.7. The number of imidazole rings is 1. The van der Waals surface area contributed by atoms with E-state index in [-0.39, 0.29) is 17.7 Å². The second-order valence-electron chi connectivity index (χ2n) is 12.4. The number of nitrogens with zero attached hydrogens (tertiary/aromatic N) is 6. The minimum atomic E-state index is -0.510. The lowest BCUT2D eigenvalue weighted by Crippen LogP contribution is -2.58. The Balaban J connectivity index is 1.07. The van der Waals surface area contributed by atoms with Crippen LogP contribution in [-0.2, 0) is 11.2 Å². The standard InChI is InChI=1S/C29H35N7O3/c1-28(2,3)39-27(38)36-15-14-33(18-29(36)10-11-29)23-8-12-30-25-21(23)9-13-35(25)26(37)31-20-6-7-24-32-22(19-4-5-19)17-34(24)16-20/h6-8,12,16-17,19H,4-5,9-11,13-15,18H2,1-3H3,(H,31,37). The van der Waals surface area contributed by atoms with Gasteiger partial charge in [0.15, 0.2) is 0 Å². The summed E-state index contributed by atoms with van der Waals surface area (Å²) in [6.07, 6.45) is 10.7. The van der Waals surface area contributed by atoms with E-state index in [4.69, 9.17) is 9.72 Å². The molecule has 39 heavy (non-hydrogen) atoms. The summed E-state index contributed by atoms with van der Waals surface area (Å²) in [5.41, 5.74) is 4.27. The van der Waals surface area contributed by atoms with Gasteiger partial charge in [-0.1, -0.05) is 0 Å². The van der Waals surface area contributed by atoms with E-state index in [2.05, 4.69) is 21.4 Å². The minimum absolute atomic E-state index is 0.169. The largest absolute Gasteiger partial charge is 0.444 e. The normalized spacial score (nSPS) is 19.9. The highest BCUT2D eigenvalue weighted by atomic mass is 16.6. The number of ether oxygens (including phenoxy) is 1. The molecule has 10 heteroatoms. The van der Waals surface area contributed by atoms with Crippen molar-refractivity contribution < 1.29 is 14.3 Å². The summed E-state index contributed by atoms with van der Waals surface area (Å²) in [5.74, 6) is 1.29. The Morgan fingerprint density at radius 1 is 1.08 bits per heavy atom. The molecule has 0 atom stereocenters. The Hall–Kier alpha value is -3.82.